The third-order valence-corrected chi connectivity index (χ3v) is 4.14. The molecule has 0 saturated carbocycles. The topological polar surface area (TPSA) is 41.1 Å². The molecular formula is C12H14N2OS. The standard InChI is InChI=1S/C12H14N2OS/c15-12-6-9-5-8(1-2-10(9)14-12)11-7-16-4-3-13-11/h1-2,5,11,13H,3-4,6-7H2,(H,14,15). The molecule has 2 aliphatic heterocycles. The molecule has 0 spiro atoms. The van der Waals surface area contributed by atoms with Gasteiger partial charge >= 0.3 is 0 Å². The molecule has 1 aromatic rings. The number of fused-ring (bicyclic) bond motifs is 1. The van der Waals surface area contributed by atoms with Gasteiger partial charge in [0.05, 0.1) is 6.42 Å². The first-order valence-corrected chi connectivity index (χ1v) is 6.72. The Labute approximate surface area is 99.0 Å². The van der Waals surface area contributed by atoms with Crippen LogP contribution in [-0.2, 0) is 11.2 Å². The van der Waals surface area contributed by atoms with Crippen LogP contribution >= 0.6 is 11.8 Å². The van der Waals surface area contributed by atoms with E-state index in [1.54, 1.807) is 0 Å². The number of anilines is 1. The van der Waals surface area contributed by atoms with E-state index in [0.29, 0.717) is 12.5 Å². The zero-order valence-electron chi connectivity index (χ0n) is 8.95. The van der Waals surface area contributed by atoms with Crippen LogP contribution in [0.4, 0.5) is 5.69 Å². The Hall–Kier alpha value is -1.00. The summed E-state index contributed by atoms with van der Waals surface area (Å²) in [7, 11) is 0. The summed E-state index contributed by atoms with van der Waals surface area (Å²) in [5.41, 5.74) is 3.43. The molecule has 84 valence electrons. The SMILES string of the molecule is O=C1Cc2cc(C3CSCCN3)ccc2N1. The minimum Gasteiger partial charge on any atom is -0.326 e. The van der Waals surface area contributed by atoms with Crippen molar-refractivity contribution in [2.24, 2.45) is 0 Å². The van der Waals surface area contributed by atoms with Gasteiger partial charge in [-0.1, -0.05) is 12.1 Å². The highest BCUT2D eigenvalue weighted by atomic mass is 32.2. The van der Waals surface area contributed by atoms with Crippen LogP contribution in [0, 0.1) is 0 Å². The molecular weight excluding hydrogens is 220 g/mol. The van der Waals surface area contributed by atoms with E-state index >= 15 is 0 Å². The van der Waals surface area contributed by atoms with E-state index in [9.17, 15) is 4.79 Å². The van der Waals surface area contributed by atoms with E-state index in [4.69, 9.17) is 0 Å². The highest BCUT2D eigenvalue weighted by Gasteiger charge is 2.20. The van der Waals surface area contributed by atoms with Crippen molar-refractivity contribution in [3.63, 3.8) is 0 Å². The fourth-order valence-electron chi connectivity index (χ4n) is 2.25. The Kier molecular flexibility index (Phi) is 2.61. The maximum atomic E-state index is 11.3. The lowest BCUT2D eigenvalue weighted by Gasteiger charge is -2.23. The summed E-state index contributed by atoms with van der Waals surface area (Å²) < 4.78 is 0. The van der Waals surface area contributed by atoms with Gasteiger partial charge in [-0.25, -0.2) is 0 Å². The van der Waals surface area contributed by atoms with E-state index in [0.717, 1.165) is 23.5 Å². The van der Waals surface area contributed by atoms with E-state index in [2.05, 4.69) is 22.8 Å². The lowest BCUT2D eigenvalue weighted by atomic mass is 10.0. The monoisotopic (exact) mass is 234 g/mol. The Balaban J connectivity index is 1.86. The van der Waals surface area contributed by atoms with Gasteiger partial charge in [0, 0.05) is 29.8 Å². The molecule has 2 N–H and O–H groups in total. The van der Waals surface area contributed by atoms with Crippen molar-refractivity contribution in [1.82, 2.24) is 5.32 Å². The summed E-state index contributed by atoms with van der Waals surface area (Å²) in [4.78, 5) is 11.3. The van der Waals surface area contributed by atoms with Crippen LogP contribution in [0.5, 0.6) is 0 Å². The molecule has 2 heterocycles. The molecule has 0 bridgehead atoms. The third-order valence-electron chi connectivity index (χ3n) is 3.08. The van der Waals surface area contributed by atoms with Gasteiger partial charge in [-0.05, 0) is 17.2 Å². The Morgan fingerprint density at radius 1 is 1.38 bits per heavy atom. The minimum atomic E-state index is 0.109. The lowest BCUT2D eigenvalue weighted by molar-refractivity contribution is -0.115. The van der Waals surface area contributed by atoms with Crippen LogP contribution in [0.3, 0.4) is 0 Å². The van der Waals surface area contributed by atoms with Gasteiger partial charge < -0.3 is 10.6 Å². The van der Waals surface area contributed by atoms with Crippen molar-refractivity contribution in [1.29, 1.82) is 0 Å². The first kappa shape index (κ1) is 10.2. The number of amides is 1. The molecule has 3 rings (SSSR count). The summed E-state index contributed by atoms with van der Waals surface area (Å²) in [5, 5.41) is 6.37. The molecule has 0 radical (unpaired) electrons. The van der Waals surface area contributed by atoms with Gasteiger partial charge in [0.2, 0.25) is 5.91 Å². The van der Waals surface area contributed by atoms with Crippen LogP contribution in [0.25, 0.3) is 0 Å². The van der Waals surface area contributed by atoms with Crippen molar-refractivity contribution in [2.45, 2.75) is 12.5 Å². The first-order chi connectivity index (χ1) is 7.83. The zero-order chi connectivity index (χ0) is 11.0. The number of rotatable bonds is 1. The van der Waals surface area contributed by atoms with E-state index in [-0.39, 0.29) is 5.91 Å². The second-order valence-corrected chi connectivity index (χ2v) is 5.37. The van der Waals surface area contributed by atoms with Crippen LogP contribution in [-0.4, -0.2) is 24.0 Å². The maximum absolute atomic E-state index is 11.3. The molecule has 1 saturated heterocycles. The van der Waals surface area contributed by atoms with Crippen molar-refractivity contribution < 1.29 is 4.79 Å². The van der Waals surface area contributed by atoms with Crippen molar-refractivity contribution in [2.75, 3.05) is 23.4 Å². The number of benzene rings is 1. The predicted molar refractivity (Wildman–Crippen MR) is 66.8 cm³/mol. The second-order valence-electron chi connectivity index (χ2n) is 4.22. The van der Waals surface area contributed by atoms with Gasteiger partial charge in [-0.3, -0.25) is 4.79 Å². The normalized spacial score (nSPS) is 24.0. The predicted octanol–water partition coefficient (Wildman–Crippen LogP) is 1.56. The third kappa shape index (κ3) is 1.83. The van der Waals surface area contributed by atoms with Gasteiger partial charge in [0.1, 0.15) is 0 Å². The molecule has 0 aromatic heterocycles. The number of hydrogen-bond acceptors (Lipinski definition) is 3. The largest absolute Gasteiger partial charge is 0.326 e. The molecule has 1 amide bonds. The molecule has 0 aliphatic carbocycles. The smallest absolute Gasteiger partial charge is 0.228 e. The molecule has 2 aliphatic rings. The van der Waals surface area contributed by atoms with Gasteiger partial charge in [0.15, 0.2) is 0 Å². The summed E-state index contributed by atoms with van der Waals surface area (Å²) in [6.07, 6.45) is 0.531. The Bertz CT molecular complexity index is 427. The quantitative estimate of drug-likeness (QED) is 0.775. The van der Waals surface area contributed by atoms with Gasteiger partial charge in [-0.15, -0.1) is 0 Å². The molecule has 1 unspecified atom stereocenters. The fourth-order valence-corrected chi connectivity index (χ4v) is 3.22. The summed E-state index contributed by atoms with van der Waals surface area (Å²) in [5.74, 6) is 2.43. The minimum absolute atomic E-state index is 0.109. The Morgan fingerprint density at radius 3 is 3.12 bits per heavy atom. The van der Waals surface area contributed by atoms with E-state index in [1.807, 2.05) is 17.8 Å². The second kappa shape index (κ2) is 4.11. The van der Waals surface area contributed by atoms with Crippen LogP contribution < -0.4 is 10.6 Å². The number of carbonyl (C=O) groups is 1. The average molecular weight is 234 g/mol. The molecule has 4 heteroatoms. The fraction of sp³-hybridized carbons (Fsp3) is 0.417. The summed E-state index contributed by atoms with van der Waals surface area (Å²) >= 11 is 1.99. The van der Waals surface area contributed by atoms with Crippen LogP contribution in [0.2, 0.25) is 0 Å². The number of hydrogen-bond donors (Lipinski definition) is 2. The molecule has 16 heavy (non-hydrogen) atoms. The molecule has 3 nitrogen and oxygen atoms in total. The zero-order valence-corrected chi connectivity index (χ0v) is 9.77. The average Bonchev–Trinajstić information content (AvgIpc) is 2.69. The lowest BCUT2D eigenvalue weighted by Crippen LogP contribution is -2.30. The highest BCUT2D eigenvalue weighted by Crippen LogP contribution is 2.28. The van der Waals surface area contributed by atoms with Crippen molar-refractivity contribution >= 4 is 23.4 Å². The number of thioether (sulfide) groups is 1. The maximum Gasteiger partial charge on any atom is 0.228 e. The van der Waals surface area contributed by atoms with Gasteiger partial charge in [-0.2, -0.15) is 11.8 Å². The summed E-state index contributed by atoms with van der Waals surface area (Å²) in [6.45, 7) is 1.07. The van der Waals surface area contributed by atoms with E-state index < -0.39 is 0 Å². The van der Waals surface area contributed by atoms with Crippen LogP contribution in [0.1, 0.15) is 17.2 Å². The summed E-state index contributed by atoms with van der Waals surface area (Å²) in [6, 6.07) is 6.75. The Morgan fingerprint density at radius 2 is 2.31 bits per heavy atom. The van der Waals surface area contributed by atoms with Gasteiger partial charge in [0.25, 0.3) is 0 Å². The molecule has 1 fully saturated rings. The first-order valence-electron chi connectivity index (χ1n) is 5.57. The number of carbonyl (C=O) groups excluding carboxylic acids is 1. The highest BCUT2D eigenvalue weighted by molar-refractivity contribution is 7.99. The molecule has 1 aromatic carbocycles. The van der Waals surface area contributed by atoms with Crippen molar-refractivity contribution in [3.8, 4) is 0 Å². The van der Waals surface area contributed by atoms with Crippen LogP contribution in [0.15, 0.2) is 18.2 Å². The molecule has 1 atom stereocenters. The number of nitrogens with one attached hydrogen (secondary N) is 2. The van der Waals surface area contributed by atoms with Crippen molar-refractivity contribution in [3.05, 3.63) is 29.3 Å². The van der Waals surface area contributed by atoms with E-state index in [1.165, 1.54) is 11.3 Å².